The third-order valence-corrected chi connectivity index (χ3v) is 5.11. The van der Waals surface area contributed by atoms with Crippen molar-refractivity contribution >= 4 is 21.4 Å². The van der Waals surface area contributed by atoms with E-state index in [1.165, 1.54) is 12.1 Å². The Hall–Kier alpha value is -0.900. The van der Waals surface area contributed by atoms with Gasteiger partial charge in [0.15, 0.2) is 0 Å². The minimum atomic E-state index is -3.45. The van der Waals surface area contributed by atoms with Crippen LogP contribution in [0.3, 0.4) is 0 Å². The molecule has 88 valence electrons. The van der Waals surface area contributed by atoms with Crippen molar-refractivity contribution in [2.75, 3.05) is 0 Å². The molecule has 0 aliphatic rings. The highest BCUT2D eigenvalue weighted by Gasteiger charge is 2.18. The largest absolute Gasteiger partial charge is 0.250 e. The van der Waals surface area contributed by atoms with Gasteiger partial charge >= 0.3 is 0 Å². The zero-order valence-electron chi connectivity index (χ0n) is 9.23. The van der Waals surface area contributed by atoms with Crippen molar-refractivity contribution in [1.82, 2.24) is 4.72 Å². The summed E-state index contributed by atoms with van der Waals surface area (Å²) < 4.78 is 26.5. The molecule has 16 heavy (non-hydrogen) atoms. The van der Waals surface area contributed by atoms with Gasteiger partial charge in [0.2, 0.25) is 10.0 Å². The van der Waals surface area contributed by atoms with E-state index in [2.05, 4.69) is 4.72 Å². The van der Waals surface area contributed by atoms with E-state index in [0.717, 1.165) is 24.2 Å². The number of sulfonamides is 1. The van der Waals surface area contributed by atoms with Gasteiger partial charge in [0.05, 0.1) is 0 Å². The average molecular weight is 258 g/mol. The predicted molar refractivity (Wildman–Crippen MR) is 63.7 cm³/mol. The molecule has 0 aliphatic heterocycles. The molecule has 0 radical (unpaired) electrons. The maximum Gasteiger partial charge on any atom is 0.250 e. The first-order chi connectivity index (χ1) is 7.49. The van der Waals surface area contributed by atoms with Gasteiger partial charge in [-0.05, 0) is 25.5 Å². The third kappa shape index (κ3) is 3.30. The minimum absolute atomic E-state index is 0.0809. The normalized spacial score (nSPS) is 13.3. The molecule has 6 heteroatoms. The lowest BCUT2D eigenvalue weighted by atomic mass is 10.2. The first kappa shape index (κ1) is 13.2. The van der Waals surface area contributed by atoms with Crippen molar-refractivity contribution in [3.8, 4) is 6.07 Å². The lowest BCUT2D eigenvalue weighted by Gasteiger charge is -2.11. The summed E-state index contributed by atoms with van der Waals surface area (Å²) >= 11 is 0.988. The first-order valence-electron chi connectivity index (χ1n) is 5.02. The van der Waals surface area contributed by atoms with Gasteiger partial charge in [-0.25, -0.2) is 13.1 Å². The average Bonchev–Trinajstić information content (AvgIpc) is 2.65. The Kier molecular flexibility index (Phi) is 4.47. The summed E-state index contributed by atoms with van der Waals surface area (Å²) in [7, 11) is -3.45. The van der Waals surface area contributed by atoms with Crippen LogP contribution >= 0.6 is 11.3 Å². The minimum Gasteiger partial charge on any atom is -0.208 e. The number of thiophene rings is 1. The number of nitrogens with one attached hydrogen (secondary N) is 1. The van der Waals surface area contributed by atoms with Gasteiger partial charge in [-0.1, -0.05) is 13.3 Å². The molecule has 0 spiro atoms. The molecule has 0 aliphatic carbocycles. The van der Waals surface area contributed by atoms with Crippen LogP contribution in [0.2, 0.25) is 0 Å². The Morgan fingerprint density at radius 2 is 2.25 bits per heavy atom. The number of rotatable bonds is 5. The van der Waals surface area contributed by atoms with E-state index in [1.54, 1.807) is 0 Å². The smallest absolute Gasteiger partial charge is 0.208 e. The fourth-order valence-corrected chi connectivity index (χ4v) is 3.74. The molecule has 1 rings (SSSR count). The van der Waals surface area contributed by atoms with E-state index in [-0.39, 0.29) is 10.3 Å². The fourth-order valence-electron chi connectivity index (χ4n) is 1.34. The third-order valence-electron chi connectivity index (χ3n) is 2.03. The first-order valence-corrected chi connectivity index (χ1v) is 7.32. The quantitative estimate of drug-likeness (QED) is 0.879. The van der Waals surface area contributed by atoms with Crippen molar-refractivity contribution in [2.45, 2.75) is 36.9 Å². The molecule has 0 bridgehead atoms. The highest BCUT2D eigenvalue weighted by atomic mass is 32.2. The molecule has 4 nitrogen and oxygen atoms in total. The molecule has 1 unspecified atom stereocenters. The molecule has 1 aromatic rings. The van der Waals surface area contributed by atoms with Gasteiger partial charge in [0.1, 0.15) is 15.2 Å². The van der Waals surface area contributed by atoms with Crippen LogP contribution in [0.15, 0.2) is 16.3 Å². The lowest BCUT2D eigenvalue weighted by molar-refractivity contribution is 0.545. The molecule has 0 fully saturated rings. The highest BCUT2D eigenvalue weighted by Crippen LogP contribution is 2.21. The second-order valence-electron chi connectivity index (χ2n) is 3.54. The predicted octanol–water partition coefficient (Wildman–Crippen LogP) is 2.09. The Morgan fingerprint density at radius 1 is 1.56 bits per heavy atom. The van der Waals surface area contributed by atoms with Crippen molar-refractivity contribution < 1.29 is 8.42 Å². The standard InChI is InChI=1S/C10H14N2O2S2/c1-3-4-8(2)12-16(13,14)10-6-5-9(7-11)15-10/h5-6,8,12H,3-4H2,1-2H3. The van der Waals surface area contributed by atoms with E-state index < -0.39 is 10.0 Å². The van der Waals surface area contributed by atoms with E-state index in [1.807, 2.05) is 19.9 Å². The summed E-state index contributed by atoms with van der Waals surface area (Å²) in [5.41, 5.74) is 0. The Morgan fingerprint density at radius 3 is 2.75 bits per heavy atom. The summed E-state index contributed by atoms with van der Waals surface area (Å²) in [5, 5.41) is 8.63. The molecule has 1 N–H and O–H groups in total. The van der Waals surface area contributed by atoms with Crippen LogP contribution < -0.4 is 4.72 Å². The number of nitriles is 1. The fraction of sp³-hybridized carbons (Fsp3) is 0.500. The van der Waals surface area contributed by atoms with Crippen LogP contribution in [0.4, 0.5) is 0 Å². The van der Waals surface area contributed by atoms with Gasteiger partial charge in [-0.3, -0.25) is 0 Å². The highest BCUT2D eigenvalue weighted by molar-refractivity contribution is 7.91. The molecule has 1 heterocycles. The number of hydrogen-bond acceptors (Lipinski definition) is 4. The van der Waals surface area contributed by atoms with E-state index in [9.17, 15) is 8.42 Å². The lowest BCUT2D eigenvalue weighted by Crippen LogP contribution is -2.31. The summed E-state index contributed by atoms with van der Waals surface area (Å²) in [5.74, 6) is 0. The van der Waals surface area contributed by atoms with Crippen LogP contribution in [0.25, 0.3) is 0 Å². The monoisotopic (exact) mass is 258 g/mol. The van der Waals surface area contributed by atoms with E-state index >= 15 is 0 Å². The Balaban J connectivity index is 2.82. The van der Waals surface area contributed by atoms with Crippen LogP contribution in [0, 0.1) is 11.3 Å². The number of hydrogen-bond donors (Lipinski definition) is 1. The Bertz CT molecular complexity index is 485. The van der Waals surface area contributed by atoms with E-state index in [0.29, 0.717) is 4.88 Å². The maximum absolute atomic E-state index is 11.8. The second-order valence-corrected chi connectivity index (χ2v) is 6.57. The molecule has 1 atom stereocenters. The number of nitrogens with zero attached hydrogens (tertiary/aromatic N) is 1. The zero-order valence-corrected chi connectivity index (χ0v) is 10.9. The van der Waals surface area contributed by atoms with Crippen LogP contribution in [-0.2, 0) is 10.0 Å². The summed E-state index contributed by atoms with van der Waals surface area (Å²) in [6.45, 7) is 3.84. The van der Waals surface area contributed by atoms with Gasteiger partial charge in [0.25, 0.3) is 0 Å². The molecule has 1 aromatic heterocycles. The molecule has 0 saturated carbocycles. The maximum atomic E-state index is 11.8. The van der Waals surface area contributed by atoms with Gasteiger partial charge < -0.3 is 0 Å². The van der Waals surface area contributed by atoms with Crippen molar-refractivity contribution in [2.24, 2.45) is 0 Å². The zero-order chi connectivity index (χ0) is 12.2. The van der Waals surface area contributed by atoms with Crippen molar-refractivity contribution in [3.63, 3.8) is 0 Å². The van der Waals surface area contributed by atoms with Gasteiger partial charge in [0, 0.05) is 6.04 Å². The SMILES string of the molecule is CCCC(C)NS(=O)(=O)c1ccc(C#N)s1. The second kappa shape index (κ2) is 5.43. The summed E-state index contributed by atoms with van der Waals surface area (Å²) in [6, 6.07) is 4.82. The van der Waals surface area contributed by atoms with E-state index in [4.69, 9.17) is 5.26 Å². The van der Waals surface area contributed by atoms with Crippen LogP contribution in [0.1, 0.15) is 31.6 Å². The summed E-state index contributed by atoms with van der Waals surface area (Å²) in [6.07, 6.45) is 1.73. The van der Waals surface area contributed by atoms with Crippen molar-refractivity contribution in [1.29, 1.82) is 5.26 Å². The molecular formula is C10H14N2O2S2. The van der Waals surface area contributed by atoms with Crippen LogP contribution in [0.5, 0.6) is 0 Å². The van der Waals surface area contributed by atoms with Gasteiger partial charge in [-0.2, -0.15) is 5.26 Å². The molecule has 0 saturated heterocycles. The van der Waals surface area contributed by atoms with Crippen LogP contribution in [-0.4, -0.2) is 14.5 Å². The molecule has 0 amide bonds. The topological polar surface area (TPSA) is 70.0 Å². The molecular weight excluding hydrogens is 244 g/mol. The van der Waals surface area contributed by atoms with Gasteiger partial charge in [-0.15, -0.1) is 11.3 Å². The summed E-state index contributed by atoms with van der Waals surface area (Å²) in [4.78, 5) is 0.406. The molecule has 0 aromatic carbocycles. The van der Waals surface area contributed by atoms with Crippen molar-refractivity contribution in [3.05, 3.63) is 17.0 Å². The Labute approximate surface area is 100.0 Å².